The minimum absolute atomic E-state index is 0.363. The molecule has 118 valence electrons. The third-order valence-corrected chi connectivity index (χ3v) is 4.33. The number of hydrogen-bond acceptors (Lipinski definition) is 3. The first kappa shape index (κ1) is 16.1. The second kappa shape index (κ2) is 6.64. The average Bonchev–Trinajstić information content (AvgIpc) is 2.87. The summed E-state index contributed by atoms with van der Waals surface area (Å²) >= 11 is 1.01. The van der Waals surface area contributed by atoms with Gasteiger partial charge >= 0.3 is 6.18 Å². The van der Waals surface area contributed by atoms with Gasteiger partial charge in [0.15, 0.2) is 11.7 Å². The van der Waals surface area contributed by atoms with E-state index in [2.05, 4.69) is 16.9 Å². The van der Waals surface area contributed by atoms with Crippen LogP contribution in [-0.4, -0.2) is 35.5 Å². The maximum atomic E-state index is 12.4. The Kier molecular flexibility index (Phi) is 5.08. The monoisotopic (exact) mass is 320 g/mol. The largest absolute Gasteiger partial charge is 0.434 e. The molecule has 1 fully saturated rings. The molecule has 4 nitrogen and oxygen atoms in total. The number of halogens is 3. The summed E-state index contributed by atoms with van der Waals surface area (Å²) in [5.74, 6) is 1.08. The number of piperidine rings is 1. The zero-order chi connectivity index (χ0) is 15.5. The molecule has 0 saturated carbocycles. The number of nitrogens with two attached hydrogens (primary N) is 1. The molecule has 1 aliphatic rings. The summed E-state index contributed by atoms with van der Waals surface area (Å²) in [5.41, 5.74) is 5.10. The predicted molar refractivity (Wildman–Crippen MR) is 77.3 cm³/mol. The Morgan fingerprint density at radius 1 is 1.57 bits per heavy atom. The van der Waals surface area contributed by atoms with Crippen molar-refractivity contribution in [2.75, 3.05) is 19.6 Å². The van der Waals surface area contributed by atoms with Gasteiger partial charge in [-0.2, -0.15) is 13.2 Å². The minimum Gasteiger partial charge on any atom is -0.370 e. The van der Waals surface area contributed by atoms with Crippen molar-refractivity contribution < 1.29 is 13.2 Å². The van der Waals surface area contributed by atoms with E-state index >= 15 is 0 Å². The summed E-state index contributed by atoms with van der Waals surface area (Å²) in [6, 6.07) is 0. The summed E-state index contributed by atoms with van der Waals surface area (Å²) in [5, 5.41) is 1.47. The highest BCUT2D eigenvalue weighted by molar-refractivity contribution is 7.09. The molecule has 21 heavy (non-hydrogen) atoms. The number of aliphatic imine (C=N–C) groups is 1. The maximum Gasteiger partial charge on any atom is 0.434 e. The molecule has 1 aromatic heterocycles. The summed E-state index contributed by atoms with van der Waals surface area (Å²) < 4.78 is 37.3. The first-order valence-electron chi connectivity index (χ1n) is 6.92. The van der Waals surface area contributed by atoms with Crippen molar-refractivity contribution in [3.63, 3.8) is 0 Å². The van der Waals surface area contributed by atoms with Crippen LogP contribution in [0.15, 0.2) is 10.4 Å². The molecule has 1 saturated heterocycles. The summed E-state index contributed by atoms with van der Waals surface area (Å²) in [7, 11) is 0. The molecule has 1 atom stereocenters. The van der Waals surface area contributed by atoms with E-state index in [1.807, 2.05) is 4.90 Å². The van der Waals surface area contributed by atoms with Gasteiger partial charge < -0.3 is 10.6 Å². The van der Waals surface area contributed by atoms with Crippen molar-refractivity contribution in [2.24, 2.45) is 16.6 Å². The number of nitrogens with zero attached hydrogens (tertiary/aromatic N) is 3. The Bertz CT molecular complexity index is 498. The Hall–Kier alpha value is -1.31. The summed E-state index contributed by atoms with van der Waals surface area (Å²) in [4.78, 5) is 9.87. The van der Waals surface area contributed by atoms with Crippen LogP contribution >= 0.6 is 11.3 Å². The molecule has 0 radical (unpaired) electrons. The molecule has 2 N–H and O–H groups in total. The van der Waals surface area contributed by atoms with Crippen LogP contribution in [-0.2, 0) is 12.6 Å². The maximum absolute atomic E-state index is 12.4. The van der Waals surface area contributed by atoms with E-state index in [0.29, 0.717) is 29.9 Å². The van der Waals surface area contributed by atoms with Gasteiger partial charge in [-0.3, -0.25) is 4.99 Å². The quantitative estimate of drug-likeness (QED) is 0.688. The number of alkyl halides is 3. The lowest BCUT2D eigenvalue weighted by molar-refractivity contribution is -0.140. The van der Waals surface area contributed by atoms with Gasteiger partial charge in [-0.05, 0) is 18.8 Å². The van der Waals surface area contributed by atoms with Gasteiger partial charge in [-0.25, -0.2) is 4.98 Å². The molecule has 0 spiro atoms. The highest BCUT2D eigenvalue weighted by Crippen LogP contribution is 2.30. The first-order chi connectivity index (χ1) is 9.86. The molecule has 0 bridgehead atoms. The molecule has 0 amide bonds. The van der Waals surface area contributed by atoms with Crippen LogP contribution in [0.1, 0.15) is 30.5 Å². The Morgan fingerprint density at radius 3 is 2.95 bits per heavy atom. The van der Waals surface area contributed by atoms with E-state index in [1.54, 1.807) is 0 Å². The lowest BCUT2D eigenvalue weighted by atomic mass is 10.0. The van der Waals surface area contributed by atoms with Crippen LogP contribution < -0.4 is 5.73 Å². The van der Waals surface area contributed by atoms with E-state index in [0.717, 1.165) is 36.2 Å². The Balaban J connectivity index is 1.85. The summed E-state index contributed by atoms with van der Waals surface area (Å²) in [6.45, 7) is 4.33. The summed E-state index contributed by atoms with van der Waals surface area (Å²) in [6.07, 6.45) is -1.70. The van der Waals surface area contributed by atoms with Crippen LogP contribution in [0.4, 0.5) is 13.2 Å². The smallest absolute Gasteiger partial charge is 0.370 e. The Morgan fingerprint density at radius 2 is 2.33 bits per heavy atom. The van der Waals surface area contributed by atoms with Crippen LogP contribution in [0.2, 0.25) is 0 Å². The van der Waals surface area contributed by atoms with Crippen LogP contribution in [0, 0.1) is 5.92 Å². The third-order valence-electron chi connectivity index (χ3n) is 3.42. The molecule has 0 aromatic carbocycles. The minimum atomic E-state index is -4.37. The molecule has 0 aliphatic carbocycles. The number of rotatable bonds is 3. The molecular weight excluding hydrogens is 301 g/mol. The zero-order valence-corrected chi connectivity index (χ0v) is 12.7. The van der Waals surface area contributed by atoms with Crippen molar-refractivity contribution in [2.45, 2.75) is 32.4 Å². The fourth-order valence-corrected chi connectivity index (χ4v) is 3.11. The molecule has 2 rings (SSSR count). The zero-order valence-electron chi connectivity index (χ0n) is 11.9. The van der Waals surface area contributed by atoms with E-state index in [9.17, 15) is 13.2 Å². The lowest BCUT2D eigenvalue weighted by Crippen LogP contribution is -2.43. The molecule has 1 aromatic rings. The van der Waals surface area contributed by atoms with Crippen LogP contribution in [0.5, 0.6) is 0 Å². The average molecular weight is 320 g/mol. The van der Waals surface area contributed by atoms with Gasteiger partial charge in [0, 0.05) is 31.4 Å². The molecule has 8 heteroatoms. The third kappa shape index (κ3) is 4.59. The van der Waals surface area contributed by atoms with Crippen molar-refractivity contribution in [3.8, 4) is 0 Å². The number of thiazole rings is 1. The fraction of sp³-hybridized carbons (Fsp3) is 0.692. The number of hydrogen-bond donors (Lipinski definition) is 1. The molecule has 2 heterocycles. The van der Waals surface area contributed by atoms with Crippen molar-refractivity contribution in [1.82, 2.24) is 9.88 Å². The van der Waals surface area contributed by atoms with Crippen LogP contribution in [0.3, 0.4) is 0 Å². The SMILES string of the molecule is CC1CCCN(C(N)=NCCc2nc(C(F)(F)F)cs2)C1. The van der Waals surface area contributed by atoms with Crippen molar-refractivity contribution in [1.29, 1.82) is 0 Å². The number of aromatic nitrogens is 1. The van der Waals surface area contributed by atoms with Gasteiger partial charge in [0.1, 0.15) is 0 Å². The van der Waals surface area contributed by atoms with Gasteiger partial charge in [-0.15, -0.1) is 11.3 Å². The van der Waals surface area contributed by atoms with E-state index in [1.165, 1.54) is 6.42 Å². The van der Waals surface area contributed by atoms with Crippen molar-refractivity contribution >= 4 is 17.3 Å². The molecular formula is C13H19F3N4S. The normalized spacial score (nSPS) is 20.9. The highest BCUT2D eigenvalue weighted by Gasteiger charge is 2.33. The fourth-order valence-electron chi connectivity index (χ4n) is 2.32. The Labute approximate surface area is 125 Å². The standard InChI is InChI=1S/C13H19F3N4S/c1-9-3-2-6-20(7-9)12(17)18-5-4-11-19-10(8-21-11)13(14,15)16/h8-9H,2-7H2,1H3,(H2,17,18). The second-order valence-electron chi connectivity index (χ2n) is 5.31. The topological polar surface area (TPSA) is 54.5 Å². The van der Waals surface area contributed by atoms with Crippen molar-refractivity contribution in [3.05, 3.63) is 16.1 Å². The van der Waals surface area contributed by atoms with E-state index < -0.39 is 11.9 Å². The second-order valence-corrected chi connectivity index (χ2v) is 6.25. The first-order valence-corrected chi connectivity index (χ1v) is 7.80. The lowest BCUT2D eigenvalue weighted by Gasteiger charge is -2.31. The van der Waals surface area contributed by atoms with Gasteiger partial charge in [0.05, 0.1) is 5.01 Å². The van der Waals surface area contributed by atoms with Gasteiger partial charge in [0.25, 0.3) is 0 Å². The molecule has 1 unspecified atom stereocenters. The number of guanidine groups is 1. The van der Waals surface area contributed by atoms with Gasteiger partial charge in [0.2, 0.25) is 0 Å². The predicted octanol–water partition coefficient (Wildman–Crippen LogP) is 2.75. The number of likely N-dealkylation sites (tertiary alicyclic amines) is 1. The highest BCUT2D eigenvalue weighted by atomic mass is 32.1. The van der Waals surface area contributed by atoms with Gasteiger partial charge in [-0.1, -0.05) is 6.92 Å². The van der Waals surface area contributed by atoms with E-state index in [4.69, 9.17) is 5.73 Å². The van der Waals surface area contributed by atoms with E-state index in [-0.39, 0.29) is 0 Å². The van der Waals surface area contributed by atoms with Crippen LogP contribution in [0.25, 0.3) is 0 Å². The molecule has 1 aliphatic heterocycles.